The second kappa shape index (κ2) is 8.89. The Bertz CT molecular complexity index is 211. The lowest BCUT2D eigenvalue weighted by Gasteiger charge is -2.41. The molecule has 0 bridgehead atoms. The maximum Gasteiger partial charge on any atom is 0.0593 e. The van der Waals surface area contributed by atoms with Gasteiger partial charge in [0.1, 0.15) is 0 Å². The number of hydrogen-bond acceptors (Lipinski definition) is 3. The van der Waals surface area contributed by atoms with Crippen LogP contribution in [0.4, 0.5) is 0 Å². The van der Waals surface area contributed by atoms with Crippen LogP contribution in [0.3, 0.4) is 0 Å². The molecule has 0 amide bonds. The Morgan fingerprint density at radius 1 is 1.22 bits per heavy atom. The van der Waals surface area contributed by atoms with E-state index in [4.69, 9.17) is 4.74 Å². The van der Waals surface area contributed by atoms with Gasteiger partial charge in [-0.1, -0.05) is 20.3 Å². The molecule has 0 aromatic rings. The van der Waals surface area contributed by atoms with Crippen LogP contribution in [0.15, 0.2) is 0 Å². The fourth-order valence-electron chi connectivity index (χ4n) is 3.11. The van der Waals surface area contributed by atoms with Crippen molar-refractivity contribution in [2.75, 3.05) is 33.4 Å². The molecule has 1 N–H and O–H groups in total. The molecule has 18 heavy (non-hydrogen) atoms. The summed E-state index contributed by atoms with van der Waals surface area (Å²) in [6, 6.07) is 1.36. The van der Waals surface area contributed by atoms with Crippen LogP contribution in [0.1, 0.15) is 46.5 Å². The van der Waals surface area contributed by atoms with E-state index in [-0.39, 0.29) is 0 Å². The normalized spacial score (nSPS) is 28.8. The van der Waals surface area contributed by atoms with Crippen LogP contribution in [-0.2, 0) is 4.74 Å². The van der Waals surface area contributed by atoms with Crippen LogP contribution in [0.2, 0.25) is 0 Å². The van der Waals surface area contributed by atoms with Crippen molar-refractivity contribution >= 4 is 0 Å². The van der Waals surface area contributed by atoms with E-state index in [0.717, 1.165) is 32.2 Å². The van der Waals surface area contributed by atoms with Crippen LogP contribution in [0.5, 0.6) is 0 Å². The van der Waals surface area contributed by atoms with Crippen molar-refractivity contribution in [3.05, 3.63) is 0 Å². The van der Waals surface area contributed by atoms with Crippen LogP contribution in [-0.4, -0.2) is 50.3 Å². The first kappa shape index (κ1) is 15.9. The van der Waals surface area contributed by atoms with Crippen molar-refractivity contribution in [1.82, 2.24) is 10.2 Å². The first-order valence-corrected chi connectivity index (χ1v) is 7.74. The second-order valence-corrected chi connectivity index (χ2v) is 5.50. The molecule has 0 aliphatic heterocycles. The van der Waals surface area contributed by atoms with E-state index >= 15 is 0 Å². The molecular formula is C15H32N2O. The van der Waals surface area contributed by atoms with E-state index in [0.29, 0.717) is 12.1 Å². The summed E-state index contributed by atoms with van der Waals surface area (Å²) in [4.78, 5) is 2.50. The molecule has 0 spiro atoms. The van der Waals surface area contributed by atoms with Gasteiger partial charge in [0.15, 0.2) is 0 Å². The minimum absolute atomic E-state index is 0.671. The quantitative estimate of drug-likeness (QED) is 0.675. The van der Waals surface area contributed by atoms with Crippen molar-refractivity contribution in [3.63, 3.8) is 0 Å². The highest BCUT2D eigenvalue weighted by Gasteiger charge is 2.31. The molecule has 0 aromatic carbocycles. The van der Waals surface area contributed by atoms with Gasteiger partial charge in [-0.05, 0) is 45.7 Å². The van der Waals surface area contributed by atoms with Crippen LogP contribution < -0.4 is 5.32 Å². The summed E-state index contributed by atoms with van der Waals surface area (Å²) in [7, 11) is 2.26. The summed E-state index contributed by atoms with van der Waals surface area (Å²) >= 11 is 0. The van der Waals surface area contributed by atoms with Crippen molar-refractivity contribution in [1.29, 1.82) is 0 Å². The molecule has 3 nitrogen and oxygen atoms in total. The van der Waals surface area contributed by atoms with Gasteiger partial charge < -0.3 is 10.1 Å². The molecule has 3 unspecified atom stereocenters. The molecule has 0 heterocycles. The third kappa shape index (κ3) is 4.87. The van der Waals surface area contributed by atoms with Gasteiger partial charge in [-0.3, -0.25) is 4.90 Å². The molecule has 3 atom stereocenters. The summed E-state index contributed by atoms with van der Waals surface area (Å²) in [5.74, 6) is 0.916. The monoisotopic (exact) mass is 256 g/mol. The molecule has 0 radical (unpaired) electrons. The first-order chi connectivity index (χ1) is 8.72. The van der Waals surface area contributed by atoms with Gasteiger partial charge in [-0.25, -0.2) is 0 Å². The molecule has 0 saturated heterocycles. The SMILES string of the molecule is CCNC1CCC(CC)CC1N(C)CCOCC. The predicted molar refractivity (Wildman–Crippen MR) is 78.0 cm³/mol. The topological polar surface area (TPSA) is 24.5 Å². The van der Waals surface area contributed by atoms with Gasteiger partial charge in [0.2, 0.25) is 0 Å². The third-order valence-electron chi connectivity index (χ3n) is 4.33. The molecule has 3 heteroatoms. The average Bonchev–Trinajstić information content (AvgIpc) is 2.39. The molecule has 1 rings (SSSR count). The van der Waals surface area contributed by atoms with Crippen LogP contribution in [0, 0.1) is 5.92 Å². The Labute approximate surface area is 113 Å². The summed E-state index contributed by atoms with van der Waals surface area (Å²) in [5, 5.41) is 3.67. The van der Waals surface area contributed by atoms with Crippen LogP contribution >= 0.6 is 0 Å². The van der Waals surface area contributed by atoms with Crippen molar-refractivity contribution < 1.29 is 4.74 Å². The molecule has 0 aromatic heterocycles. The van der Waals surface area contributed by atoms with Crippen molar-refractivity contribution in [3.8, 4) is 0 Å². The predicted octanol–water partition coefficient (Wildman–Crippen LogP) is 2.51. The zero-order valence-corrected chi connectivity index (χ0v) is 12.7. The van der Waals surface area contributed by atoms with Crippen molar-refractivity contribution in [2.24, 2.45) is 5.92 Å². The van der Waals surface area contributed by atoms with E-state index in [1.165, 1.54) is 25.7 Å². The summed E-state index contributed by atoms with van der Waals surface area (Å²) in [5.41, 5.74) is 0. The van der Waals surface area contributed by atoms with Crippen molar-refractivity contribution in [2.45, 2.75) is 58.5 Å². The smallest absolute Gasteiger partial charge is 0.0593 e. The number of nitrogens with one attached hydrogen (secondary N) is 1. The summed E-state index contributed by atoms with van der Waals surface area (Å²) in [6.07, 6.45) is 5.39. The minimum atomic E-state index is 0.671. The molecule has 1 saturated carbocycles. The van der Waals surface area contributed by atoms with Gasteiger partial charge >= 0.3 is 0 Å². The largest absolute Gasteiger partial charge is 0.380 e. The maximum atomic E-state index is 5.48. The molecular weight excluding hydrogens is 224 g/mol. The van der Waals surface area contributed by atoms with Gasteiger partial charge in [0, 0.05) is 25.2 Å². The Morgan fingerprint density at radius 3 is 2.61 bits per heavy atom. The highest BCUT2D eigenvalue weighted by atomic mass is 16.5. The highest BCUT2D eigenvalue weighted by Crippen LogP contribution is 2.29. The van der Waals surface area contributed by atoms with Crippen LogP contribution in [0.25, 0.3) is 0 Å². The lowest BCUT2D eigenvalue weighted by Crippen LogP contribution is -2.52. The number of hydrogen-bond donors (Lipinski definition) is 1. The first-order valence-electron chi connectivity index (χ1n) is 7.74. The highest BCUT2D eigenvalue weighted by molar-refractivity contribution is 4.89. The molecule has 1 aliphatic rings. The summed E-state index contributed by atoms with van der Waals surface area (Å²) < 4.78 is 5.48. The number of rotatable bonds is 8. The zero-order valence-electron chi connectivity index (χ0n) is 12.7. The average molecular weight is 256 g/mol. The maximum absolute atomic E-state index is 5.48. The number of nitrogens with zero attached hydrogens (tertiary/aromatic N) is 1. The fourth-order valence-corrected chi connectivity index (χ4v) is 3.11. The standard InChI is InChI=1S/C15H32N2O/c1-5-13-8-9-14(16-6-2)15(12-13)17(4)10-11-18-7-3/h13-16H,5-12H2,1-4H3. The lowest BCUT2D eigenvalue weighted by atomic mass is 9.80. The Balaban J connectivity index is 2.48. The van der Waals surface area contributed by atoms with Gasteiger partial charge in [0.05, 0.1) is 6.61 Å². The number of likely N-dealkylation sites (N-methyl/N-ethyl adjacent to an activating group) is 2. The molecule has 1 fully saturated rings. The van der Waals surface area contributed by atoms with Gasteiger partial charge in [-0.15, -0.1) is 0 Å². The molecule has 108 valence electrons. The number of ether oxygens (including phenoxy) is 1. The van der Waals surface area contributed by atoms with E-state index in [1.54, 1.807) is 0 Å². The van der Waals surface area contributed by atoms with E-state index in [9.17, 15) is 0 Å². The lowest BCUT2D eigenvalue weighted by molar-refractivity contribution is 0.0730. The Morgan fingerprint density at radius 2 is 2.00 bits per heavy atom. The Kier molecular flexibility index (Phi) is 7.87. The van der Waals surface area contributed by atoms with Gasteiger partial charge in [0.25, 0.3) is 0 Å². The third-order valence-corrected chi connectivity index (χ3v) is 4.33. The van der Waals surface area contributed by atoms with Gasteiger partial charge in [-0.2, -0.15) is 0 Å². The van der Waals surface area contributed by atoms with E-state index < -0.39 is 0 Å². The fraction of sp³-hybridized carbons (Fsp3) is 1.00. The Hall–Kier alpha value is -0.120. The van der Waals surface area contributed by atoms with E-state index in [2.05, 4.69) is 38.0 Å². The molecule has 1 aliphatic carbocycles. The minimum Gasteiger partial charge on any atom is -0.380 e. The summed E-state index contributed by atoms with van der Waals surface area (Å²) in [6.45, 7) is 10.4. The second-order valence-electron chi connectivity index (χ2n) is 5.50. The van der Waals surface area contributed by atoms with E-state index in [1.807, 2.05) is 0 Å². The zero-order chi connectivity index (χ0) is 13.4.